The van der Waals surface area contributed by atoms with E-state index in [1.165, 1.54) is 11.6 Å². The van der Waals surface area contributed by atoms with E-state index in [9.17, 15) is 4.39 Å². The summed E-state index contributed by atoms with van der Waals surface area (Å²) < 4.78 is 27.6. The molecule has 0 aliphatic rings. The SMILES string of the molecule is CCn1cc(CCN(C)C)c2c(OCc3ccc(OC)cc3)cc(F)cc21. The Morgan fingerprint density at radius 3 is 2.48 bits per heavy atom. The van der Waals surface area contributed by atoms with Crippen molar-refractivity contribution >= 4 is 10.9 Å². The second-order valence-electron chi connectivity index (χ2n) is 6.93. The highest BCUT2D eigenvalue weighted by atomic mass is 19.1. The molecule has 1 heterocycles. The van der Waals surface area contributed by atoms with Crippen molar-refractivity contribution in [2.45, 2.75) is 26.5 Å². The second kappa shape index (κ2) is 8.44. The van der Waals surface area contributed by atoms with Crippen molar-refractivity contribution in [3.63, 3.8) is 0 Å². The molecule has 0 unspecified atom stereocenters. The van der Waals surface area contributed by atoms with Gasteiger partial charge in [0.2, 0.25) is 0 Å². The predicted octanol–water partition coefficient (Wildman–Crippen LogP) is 4.49. The van der Waals surface area contributed by atoms with Gasteiger partial charge in [-0.3, -0.25) is 0 Å². The van der Waals surface area contributed by atoms with Gasteiger partial charge in [0.05, 0.1) is 12.6 Å². The highest BCUT2D eigenvalue weighted by Crippen LogP contribution is 2.33. The van der Waals surface area contributed by atoms with E-state index < -0.39 is 0 Å². The van der Waals surface area contributed by atoms with Crippen molar-refractivity contribution in [3.05, 3.63) is 59.5 Å². The number of methoxy groups -OCH3 is 1. The average Bonchev–Trinajstić information content (AvgIpc) is 3.02. The first kappa shape index (κ1) is 19.2. The Bertz CT molecular complexity index is 901. The van der Waals surface area contributed by atoms with Gasteiger partial charge in [-0.25, -0.2) is 4.39 Å². The van der Waals surface area contributed by atoms with Gasteiger partial charge in [-0.15, -0.1) is 0 Å². The summed E-state index contributed by atoms with van der Waals surface area (Å²) in [6.45, 7) is 4.17. The van der Waals surface area contributed by atoms with E-state index in [1.54, 1.807) is 13.2 Å². The molecule has 3 rings (SSSR count). The Balaban J connectivity index is 1.93. The molecule has 0 aliphatic carbocycles. The smallest absolute Gasteiger partial charge is 0.132 e. The van der Waals surface area contributed by atoms with Gasteiger partial charge in [0.25, 0.3) is 0 Å². The maximum absolute atomic E-state index is 14.2. The van der Waals surface area contributed by atoms with E-state index >= 15 is 0 Å². The van der Waals surface area contributed by atoms with E-state index in [0.717, 1.165) is 41.7 Å². The number of fused-ring (bicyclic) bond motifs is 1. The lowest BCUT2D eigenvalue weighted by molar-refractivity contribution is 0.308. The van der Waals surface area contributed by atoms with Gasteiger partial charge in [0, 0.05) is 30.7 Å². The van der Waals surface area contributed by atoms with Crippen LogP contribution in [-0.4, -0.2) is 37.2 Å². The third-order valence-electron chi connectivity index (χ3n) is 4.71. The fraction of sp³-hybridized carbons (Fsp3) is 0.364. The van der Waals surface area contributed by atoms with Crippen LogP contribution in [0.15, 0.2) is 42.6 Å². The fourth-order valence-corrected chi connectivity index (χ4v) is 3.23. The number of rotatable bonds is 8. The second-order valence-corrected chi connectivity index (χ2v) is 6.93. The number of ether oxygens (including phenoxy) is 2. The van der Waals surface area contributed by atoms with E-state index in [4.69, 9.17) is 9.47 Å². The molecule has 0 bridgehead atoms. The predicted molar refractivity (Wildman–Crippen MR) is 107 cm³/mol. The summed E-state index contributed by atoms with van der Waals surface area (Å²) in [6, 6.07) is 10.8. The van der Waals surface area contributed by atoms with Gasteiger partial charge in [0.15, 0.2) is 0 Å². The van der Waals surface area contributed by atoms with Gasteiger partial charge in [-0.05, 0) is 56.8 Å². The third kappa shape index (κ3) is 4.42. The van der Waals surface area contributed by atoms with Crippen LogP contribution in [0.1, 0.15) is 18.1 Å². The van der Waals surface area contributed by atoms with Crippen LogP contribution < -0.4 is 9.47 Å². The van der Waals surface area contributed by atoms with Crippen LogP contribution in [0, 0.1) is 5.82 Å². The Kier molecular flexibility index (Phi) is 6.01. The van der Waals surface area contributed by atoms with Crippen molar-refractivity contribution in [3.8, 4) is 11.5 Å². The lowest BCUT2D eigenvalue weighted by Crippen LogP contribution is -2.15. The quantitative estimate of drug-likeness (QED) is 0.584. The summed E-state index contributed by atoms with van der Waals surface area (Å²) in [5.74, 6) is 1.12. The molecule has 2 aromatic carbocycles. The normalized spacial score (nSPS) is 11.3. The van der Waals surface area contributed by atoms with Crippen LogP contribution in [0.3, 0.4) is 0 Å². The first-order chi connectivity index (χ1) is 13.0. The standard InChI is InChI=1S/C22H27FN2O2/c1-5-25-14-17(10-11-24(2)3)22-20(25)12-18(23)13-21(22)27-15-16-6-8-19(26-4)9-7-16/h6-9,12-14H,5,10-11,15H2,1-4H3. The fourth-order valence-electron chi connectivity index (χ4n) is 3.23. The van der Waals surface area contributed by atoms with Crippen LogP contribution in [0.4, 0.5) is 4.39 Å². The number of benzene rings is 2. The average molecular weight is 370 g/mol. The summed E-state index contributed by atoms with van der Waals surface area (Å²) in [7, 11) is 5.75. The highest BCUT2D eigenvalue weighted by Gasteiger charge is 2.15. The van der Waals surface area contributed by atoms with Gasteiger partial charge in [0.1, 0.15) is 23.9 Å². The number of hydrogen-bond donors (Lipinski definition) is 0. The van der Waals surface area contributed by atoms with Crippen molar-refractivity contribution in [1.29, 1.82) is 0 Å². The van der Waals surface area contributed by atoms with E-state index in [2.05, 4.69) is 36.7 Å². The molecule has 0 radical (unpaired) electrons. The minimum absolute atomic E-state index is 0.279. The maximum Gasteiger partial charge on any atom is 0.132 e. The number of aryl methyl sites for hydroxylation is 1. The van der Waals surface area contributed by atoms with Gasteiger partial charge >= 0.3 is 0 Å². The monoisotopic (exact) mass is 370 g/mol. The molecule has 144 valence electrons. The van der Waals surface area contributed by atoms with E-state index in [0.29, 0.717) is 12.4 Å². The number of aromatic nitrogens is 1. The lowest BCUT2D eigenvalue weighted by atomic mass is 10.1. The summed E-state index contributed by atoms with van der Waals surface area (Å²) in [5, 5.41) is 1.01. The lowest BCUT2D eigenvalue weighted by Gasteiger charge is -2.12. The van der Waals surface area contributed by atoms with E-state index in [1.807, 2.05) is 24.3 Å². The Morgan fingerprint density at radius 2 is 1.85 bits per heavy atom. The topological polar surface area (TPSA) is 26.6 Å². The number of halogens is 1. The molecule has 0 N–H and O–H groups in total. The van der Waals surface area contributed by atoms with E-state index in [-0.39, 0.29) is 5.82 Å². The van der Waals surface area contributed by atoms with Crippen LogP contribution in [0.25, 0.3) is 10.9 Å². The molecular weight excluding hydrogens is 343 g/mol. The van der Waals surface area contributed by atoms with Crippen LogP contribution >= 0.6 is 0 Å². The van der Waals surface area contributed by atoms with Gasteiger partial charge in [-0.1, -0.05) is 12.1 Å². The largest absolute Gasteiger partial charge is 0.497 e. The Labute approximate surface area is 160 Å². The van der Waals surface area contributed by atoms with Crippen molar-refractivity contribution in [2.24, 2.45) is 0 Å². The third-order valence-corrected chi connectivity index (χ3v) is 4.71. The minimum Gasteiger partial charge on any atom is -0.497 e. The Hall–Kier alpha value is -2.53. The van der Waals surface area contributed by atoms with Crippen molar-refractivity contribution in [2.75, 3.05) is 27.7 Å². The summed E-state index contributed by atoms with van der Waals surface area (Å²) in [5.41, 5.74) is 3.08. The maximum atomic E-state index is 14.2. The zero-order chi connectivity index (χ0) is 19.4. The molecule has 0 aliphatic heterocycles. The molecule has 0 amide bonds. The molecule has 0 saturated heterocycles. The zero-order valence-electron chi connectivity index (χ0n) is 16.5. The molecule has 1 aromatic heterocycles. The van der Waals surface area contributed by atoms with Crippen molar-refractivity contribution < 1.29 is 13.9 Å². The molecule has 0 saturated carbocycles. The molecule has 5 heteroatoms. The van der Waals surface area contributed by atoms with Gasteiger partial charge in [-0.2, -0.15) is 0 Å². The first-order valence-electron chi connectivity index (χ1n) is 9.23. The molecule has 0 fully saturated rings. The van der Waals surface area contributed by atoms with Crippen LogP contribution in [0.2, 0.25) is 0 Å². The molecule has 0 spiro atoms. The molecular formula is C22H27FN2O2. The van der Waals surface area contributed by atoms with Crippen molar-refractivity contribution in [1.82, 2.24) is 9.47 Å². The number of likely N-dealkylation sites (N-methyl/N-ethyl adjacent to an activating group) is 1. The number of hydrogen-bond acceptors (Lipinski definition) is 3. The molecule has 3 aromatic rings. The summed E-state index contributed by atoms with van der Waals surface area (Å²) in [6.07, 6.45) is 3.01. The zero-order valence-corrected chi connectivity index (χ0v) is 16.5. The van der Waals surface area contributed by atoms with Crippen LogP contribution in [-0.2, 0) is 19.6 Å². The van der Waals surface area contributed by atoms with Crippen LogP contribution in [0.5, 0.6) is 11.5 Å². The highest BCUT2D eigenvalue weighted by molar-refractivity contribution is 5.90. The summed E-state index contributed by atoms with van der Waals surface area (Å²) in [4.78, 5) is 2.15. The first-order valence-corrected chi connectivity index (χ1v) is 9.23. The number of nitrogens with zero attached hydrogens (tertiary/aromatic N) is 2. The minimum atomic E-state index is -0.279. The Morgan fingerprint density at radius 1 is 1.11 bits per heavy atom. The molecule has 27 heavy (non-hydrogen) atoms. The van der Waals surface area contributed by atoms with Gasteiger partial charge < -0.3 is 18.9 Å². The summed E-state index contributed by atoms with van der Waals surface area (Å²) >= 11 is 0. The molecule has 0 atom stereocenters. The molecule has 4 nitrogen and oxygen atoms in total.